The standard InChI is InChI=1S/C25H23N3O2/c1-16-8-10-18(11-9-16)20-15-27-28-22(12-13-26-23(20)28)25(24-29-17(2)30-24)14-21(25)19-6-4-3-5-7-19/h3-13,15,17,21,24H,14H2,1-2H3. The van der Waals surface area contributed by atoms with E-state index in [2.05, 4.69) is 72.6 Å². The zero-order valence-corrected chi connectivity index (χ0v) is 17.0. The number of benzene rings is 2. The fourth-order valence-corrected chi connectivity index (χ4v) is 4.83. The number of nitrogens with zero attached hydrogens (tertiary/aromatic N) is 3. The molecule has 5 heteroatoms. The van der Waals surface area contributed by atoms with Crippen molar-refractivity contribution < 1.29 is 9.47 Å². The predicted molar refractivity (Wildman–Crippen MR) is 114 cm³/mol. The molecule has 2 atom stereocenters. The second kappa shape index (κ2) is 6.49. The Morgan fingerprint density at radius 2 is 1.77 bits per heavy atom. The van der Waals surface area contributed by atoms with Crippen LogP contribution in [0.5, 0.6) is 0 Å². The molecule has 2 unspecified atom stereocenters. The molecule has 1 saturated heterocycles. The van der Waals surface area contributed by atoms with Crippen LogP contribution in [0.4, 0.5) is 0 Å². The quantitative estimate of drug-likeness (QED) is 0.494. The van der Waals surface area contributed by atoms with E-state index in [-0.39, 0.29) is 18.0 Å². The van der Waals surface area contributed by atoms with Gasteiger partial charge in [-0.1, -0.05) is 60.2 Å². The van der Waals surface area contributed by atoms with Gasteiger partial charge in [0.1, 0.15) is 0 Å². The highest BCUT2D eigenvalue weighted by atomic mass is 16.9. The van der Waals surface area contributed by atoms with E-state index in [1.807, 2.05) is 23.8 Å². The van der Waals surface area contributed by atoms with E-state index in [1.165, 1.54) is 11.1 Å². The minimum Gasteiger partial charge on any atom is -0.323 e. The molecule has 0 radical (unpaired) electrons. The third-order valence-corrected chi connectivity index (χ3v) is 6.50. The Labute approximate surface area is 175 Å². The Balaban J connectivity index is 1.48. The second-order valence-electron chi connectivity index (χ2n) is 8.37. The summed E-state index contributed by atoms with van der Waals surface area (Å²) in [6.07, 6.45) is 4.33. The van der Waals surface area contributed by atoms with Crippen molar-refractivity contribution in [2.24, 2.45) is 0 Å². The summed E-state index contributed by atoms with van der Waals surface area (Å²) >= 11 is 0. The molecule has 2 fully saturated rings. The van der Waals surface area contributed by atoms with Gasteiger partial charge in [0.25, 0.3) is 0 Å². The average molecular weight is 397 g/mol. The van der Waals surface area contributed by atoms with Crippen molar-refractivity contribution >= 4 is 5.65 Å². The molecule has 0 bridgehead atoms. The van der Waals surface area contributed by atoms with Gasteiger partial charge in [0.2, 0.25) is 0 Å². The molecule has 4 aromatic rings. The molecule has 30 heavy (non-hydrogen) atoms. The highest BCUT2D eigenvalue weighted by Gasteiger charge is 2.66. The Morgan fingerprint density at radius 1 is 1.00 bits per heavy atom. The number of ether oxygens (including phenoxy) is 2. The molecule has 0 spiro atoms. The number of aromatic nitrogens is 3. The molecule has 1 aliphatic heterocycles. The minimum atomic E-state index is -0.268. The van der Waals surface area contributed by atoms with Crippen molar-refractivity contribution in [1.29, 1.82) is 0 Å². The summed E-state index contributed by atoms with van der Waals surface area (Å²) in [4.78, 5) is 4.68. The average Bonchev–Trinajstić information content (AvgIpc) is 3.35. The molecule has 2 aromatic carbocycles. The van der Waals surface area contributed by atoms with Crippen molar-refractivity contribution in [2.75, 3.05) is 0 Å². The lowest BCUT2D eigenvalue weighted by molar-refractivity contribution is -0.388. The van der Waals surface area contributed by atoms with Crippen LogP contribution in [-0.4, -0.2) is 27.2 Å². The predicted octanol–water partition coefficient (Wildman–Crippen LogP) is 4.85. The van der Waals surface area contributed by atoms with Gasteiger partial charge in [-0.25, -0.2) is 9.50 Å². The van der Waals surface area contributed by atoms with Gasteiger partial charge in [-0.2, -0.15) is 5.10 Å². The van der Waals surface area contributed by atoms with E-state index in [0.29, 0.717) is 5.92 Å². The summed E-state index contributed by atoms with van der Waals surface area (Å²) in [6, 6.07) is 21.2. The van der Waals surface area contributed by atoms with Crippen LogP contribution in [0, 0.1) is 6.92 Å². The third kappa shape index (κ3) is 2.56. The highest BCUT2D eigenvalue weighted by molar-refractivity contribution is 5.77. The smallest absolute Gasteiger partial charge is 0.175 e. The zero-order chi connectivity index (χ0) is 20.3. The fourth-order valence-electron chi connectivity index (χ4n) is 4.83. The lowest BCUT2D eigenvalue weighted by Crippen LogP contribution is -2.48. The lowest BCUT2D eigenvalue weighted by atomic mass is 9.93. The number of hydrogen-bond donors (Lipinski definition) is 0. The highest BCUT2D eigenvalue weighted by Crippen LogP contribution is 2.65. The number of fused-ring (bicyclic) bond motifs is 1. The summed E-state index contributed by atoms with van der Waals surface area (Å²) in [6.45, 7) is 4.03. The van der Waals surface area contributed by atoms with E-state index >= 15 is 0 Å². The molecule has 0 amide bonds. The monoisotopic (exact) mass is 397 g/mol. The summed E-state index contributed by atoms with van der Waals surface area (Å²) in [5.74, 6) is 0.328. The molecule has 2 aromatic heterocycles. The molecule has 3 heterocycles. The first-order valence-electron chi connectivity index (χ1n) is 10.4. The topological polar surface area (TPSA) is 48.7 Å². The molecule has 1 saturated carbocycles. The van der Waals surface area contributed by atoms with Crippen LogP contribution < -0.4 is 0 Å². The number of hydrogen-bond acceptors (Lipinski definition) is 4. The van der Waals surface area contributed by atoms with E-state index in [1.54, 1.807) is 0 Å². The molecular formula is C25H23N3O2. The van der Waals surface area contributed by atoms with Gasteiger partial charge in [0, 0.05) is 17.7 Å². The molecular weight excluding hydrogens is 374 g/mol. The Morgan fingerprint density at radius 3 is 2.50 bits per heavy atom. The van der Waals surface area contributed by atoms with Crippen molar-refractivity contribution in [3.8, 4) is 11.1 Å². The molecule has 6 rings (SSSR count). The van der Waals surface area contributed by atoms with Gasteiger partial charge in [0.05, 0.1) is 17.3 Å². The van der Waals surface area contributed by atoms with Crippen LogP contribution in [0.25, 0.3) is 16.8 Å². The fraction of sp³-hybridized carbons (Fsp3) is 0.280. The summed E-state index contributed by atoms with van der Waals surface area (Å²) in [7, 11) is 0. The van der Waals surface area contributed by atoms with Crippen LogP contribution in [0.15, 0.2) is 73.1 Å². The van der Waals surface area contributed by atoms with Crippen molar-refractivity contribution in [3.63, 3.8) is 0 Å². The maximum absolute atomic E-state index is 6.04. The zero-order valence-electron chi connectivity index (χ0n) is 17.0. The third-order valence-electron chi connectivity index (χ3n) is 6.50. The van der Waals surface area contributed by atoms with E-state index in [0.717, 1.165) is 28.9 Å². The van der Waals surface area contributed by atoms with E-state index in [4.69, 9.17) is 14.6 Å². The van der Waals surface area contributed by atoms with Crippen LogP contribution in [0.3, 0.4) is 0 Å². The summed E-state index contributed by atoms with van der Waals surface area (Å²) < 4.78 is 14.1. The van der Waals surface area contributed by atoms with E-state index < -0.39 is 0 Å². The maximum atomic E-state index is 6.04. The van der Waals surface area contributed by atoms with Crippen LogP contribution >= 0.6 is 0 Å². The molecule has 150 valence electrons. The first-order chi connectivity index (χ1) is 14.7. The largest absolute Gasteiger partial charge is 0.323 e. The van der Waals surface area contributed by atoms with Crippen LogP contribution in [0.2, 0.25) is 0 Å². The molecule has 5 nitrogen and oxygen atoms in total. The summed E-state index contributed by atoms with van der Waals surface area (Å²) in [5.41, 5.74) is 6.40. The molecule has 2 aliphatic rings. The van der Waals surface area contributed by atoms with Crippen molar-refractivity contribution in [3.05, 3.63) is 89.9 Å². The molecule has 0 N–H and O–H groups in total. The van der Waals surface area contributed by atoms with Gasteiger partial charge in [-0.15, -0.1) is 0 Å². The summed E-state index contributed by atoms with van der Waals surface area (Å²) in [5, 5.41) is 4.75. The normalized spacial score (nSPS) is 27.7. The Hall–Kier alpha value is -3.02. The van der Waals surface area contributed by atoms with Crippen LogP contribution in [0.1, 0.15) is 36.1 Å². The van der Waals surface area contributed by atoms with Gasteiger partial charge < -0.3 is 9.47 Å². The van der Waals surface area contributed by atoms with Gasteiger partial charge in [0.15, 0.2) is 18.2 Å². The SMILES string of the molecule is Cc1ccc(-c2cnn3c(C4(C5OC(C)O5)CC4c4ccccc4)ccnc23)cc1. The second-order valence-corrected chi connectivity index (χ2v) is 8.37. The van der Waals surface area contributed by atoms with Gasteiger partial charge in [-0.3, -0.25) is 0 Å². The maximum Gasteiger partial charge on any atom is 0.175 e. The number of aryl methyl sites for hydroxylation is 1. The van der Waals surface area contributed by atoms with Crippen molar-refractivity contribution in [1.82, 2.24) is 14.6 Å². The van der Waals surface area contributed by atoms with Gasteiger partial charge in [-0.05, 0) is 37.5 Å². The lowest BCUT2D eigenvalue weighted by Gasteiger charge is -2.40. The van der Waals surface area contributed by atoms with Gasteiger partial charge >= 0.3 is 0 Å². The van der Waals surface area contributed by atoms with E-state index in [9.17, 15) is 0 Å². The van der Waals surface area contributed by atoms with Crippen molar-refractivity contribution in [2.45, 2.75) is 44.2 Å². The molecule has 1 aliphatic carbocycles. The minimum absolute atomic E-state index is 0.165. The first-order valence-corrected chi connectivity index (χ1v) is 10.4. The number of rotatable bonds is 4. The Bertz CT molecular complexity index is 1210. The first kappa shape index (κ1) is 17.8. The Kier molecular flexibility index (Phi) is 3.85. The van der Waals surface area contributed by atoms with Crippen LogP contribution in [-0.2, 0) is 14.9 Å².